The van der Waals surface area contributed by atoms with E-state index in [4.69, 9.17) is 9.97 Å². The van der Waals surface area contributed by atoms with E-state index in [1.807, 2.05) is 11.3 Å². The van der Waals surface area contributed by atoms with Crippen LogP contribution in [-0.2, 0) is 0 Å². The molecule has 0 N–H and O–H groups in total. The van der Waals surface area contributed by atoms with Crippen LogP contribution in [0.3, 0.4) is 0 Å². The first-order valence-corrected chi connectivity index (χ1v) is 19.9. The number of aromatic nitrogens is 3. The Morgan fingerprint density at radius 3 is 1.73 bits per heavy atom. The second-order valence-corrected chi connectivity index (χ2v) is 15.9. The summed E-state index contributed by atoms with van der Waals surface area (Å²) < 4.78 is 4.93. The fourth-order valence-corrected chi connectivity index (χ4v) is 10.6. The van der Waals surface area contributed by atoms with Crippen LogP contribution in [0.15, 0.2) is 176 Å². The Balaban J connectivity index is 1.24. The molecule has 13 aromatic rings. The minimum absolute atomic E-state index is 0.827. The molecule has 0 bridgehead atoms. The number of thiophene rings is 1. The van der Waals surface area contributed by atoms with E-state index >= 15 is 0 Å². The second kappa shape index (κ2) is 11.2. The maximum atomic E-state index is 5.64. The van der Waals surface area contributed by atoms with Crippen LogP contribution in [0.1, 0.15) is 0 Å². The zero-order valence-electron chi connectivity index (χ0n) is 30.0. The summed E-state index contributed by atoms with van der Waals surface area (Å²) >= 11 is 1.83. The second-order valence-electron chi connectivity index (χ2n) is 14.8. The van der Waals surface area contributed by atoms with Crippen molar-refractivity contribution < 1.29 is 0 Å². The Morgan fingerprint density at radius 1 is 0.375 bits per heavy atom. The molecule has 0 atom stereocenters. The molecule has 3 heterocycles. The van der Waals surface area contributed by atoms with Crippen LogP contribution in [0.5, 0.6) is 0 Å². The molecule has 56 heavy (non-hydrogen) atoms. The largest absolute Gasteiger partial charge is 0.292 e. The quantitative estimate of drug-likeness (QED) is 0.166. The molecule has 3 aromatic heterocycles. The molecule has 0 saturated carbocycles. The molecule has 0 unspecified atom stereocenters. The van der Waals surface area contributed by atoms with Gasteiger partial charge in [0.05, 0.1) is 22.1 Å². The maximum Gasteiger partial charge on any atom is 0.165 e. The van der Waals surface area contributed by atoms with Gasteiger partial charge in [-0.3, -0.25) is 4.57 Å². The standard InChI is InChI=1S/C52H29N3S/c1-3-13-33-30(11-1)23-27-43-48(33)49-44(28-25-41-37-17-6-5-15-35(37)36-16-7-8-19-40(36)47(41)49)55(43)52-50(54-51-34-14-4-2-12-31(34)22-26-42(51)53-52)32-21-24-39-38-18-9-10-20-45(38)56-46(39)29-32/h1-29H. The predicted molar refractivity (Wildman–Crippen MR) is 240 cm³/mol. The van der Waals surface area contributed by atoms with E-state index in [1.54, 1.807) is 0 Å². The highest BCUT2D eigenvalue weighted by Gasteiger charge is 2.24. The van der Waals surface area contributed by atoms with Crippen molar-refractivity contribution in [2.45, 2.75) is 0 Å². The van der Waals surface area contributed by atoms with Gasteiger partial charge in [0.1, 0.15) is 5.69 Å². The lowest BCUT2D eigenvalue weighted by Crippen LogP contribution is -2.04. The van der Waals surface area contributed by atoms with Gasteiger partial charge < -0.3 is 0 Å². The molecule has 0 saturated heterocycles. The van der Waals surface area contributed by atoms with Gasteiger partial charge in [-0.2, -0.15) is 0 Å². The molecule has 0 aliphatic heterocycles. The van der Waals surface area contributed by atoms with Crippen molar-refractivity contribution in [3.05, 3.63) is 176 Å². The Kier molecular flexibility index (Phi) is 6.04. The third-order valence-electron chi connectivity index (χ3n) is 11.9. The predicted octanol–water partition coefficient (Wildman–Crippen LogP) is 14.5. The third kappa shape index (κ3) is 4.06. The number of rotatable bonds is 2. The van der Waals surface area contributed by atoms with Crippen LogP contribution in [0, 0.1) is 0 Å². The van der Waals surface area contributed by atoms with Crippen LogP contribution < -0.4 is 0 Å². The maximum absolute atomic E-state index is 5.64. The average Bonchev–Trinajstić information content (AvgIpc) is 3.81. The molecule has 0 amide bonds. The van der Waals surface area contributed by atoms with Crippen LogP contribution in [-0.4, -0.2) is 14.5 Å². The monoisotopic (exact) mass is 727 g/mol. The highest BCUT2D eigenvalue weighted by atomic mass is 32.1. The van der Waals surface area contributed by atoms with Gasteiger partial charge in [-0.25, -0.2) is 9.97 Å². The highest BCUT2D eigenvalue weighted by molar-refractivity contribution is 7.25. The number of fused-ring (bicyclic) bond motifs is 18. The van der Waals surface area contributed by atoms with Crippen molar-refractivity contribution in [3.8, 4) is 17.1 Å². The van der Waals surface area contributed by atoms with Gasteiger partial charge in [0.25, 0.3) is 0 Å². The zero-order chi connectivity index (χ0) is 36.5. The number of benzene rings is 10. The first-order chi connectivity index (χ1) is 27.8. The normalized spacial score (nSPS) is 12.3. The van der Waals surface area contributed by atoms with Gasteiger partial charge >= 0.3 is 0 Å². The summed E-state index contributed by atoms with van der Waals surface area (Å²) in [7, 11) is 0. The summed E-state index contributed by atoms with van der Waals surface area (Å²) in [5.41, 5.74) is 5.92. The van der Waals surface area contributed by atoms with E-state index < -0.39 is 0 Å². The summed E-state index contributed by atoms with van der Waals surface area (Å²) in [5, 5.41) is 17.3. The lowest BCUT2D eigenvalue weighted by Gasteiger charge is -2.15. The van der Waals surface area contributed by atoms with Crippen molar-refractivity contribution in [2.24, 2.45) is 0 Å². The Labute approximate surface area is 324 Å². The van der Waals surface area contributed by atoms with Gasteiger partial charge in [-0.05, 0) is 73.4 Å². The van der Waals surface area contributed by atoms with Crippen LogP contribution in [0.2, 0.25) is 0 Å². The Hall–Kier alpha value is -7.14. The molecular weight excluding hydrogens is 699 g/mol. The van der Waals surface area contributed by atoms with Crippen molar-refractivity contribution in [1.82, 2.24) is 14.5 Å². The van der Waals surface area contributed by atoms with Crippen LogP contribution >= 0.6 is 11.3 Å². The van der Waals surface area contributed by atoms with Gasteiger partial charge in [0.2, 0.25) is 0 Å². The SMILES string of the molecule is c1ccc2c(c1)ccc1nc(-n3c4ccc5ccccc5c4c4c5c6ccccc6c6ccccc6c5ccc43)c(-c3ccc4c(c3)sc3ccccc34)nc12. The molecule has 0 aliphatic rings. The Morgan fingerprint density at radius 2 is 0.929 bits per heavy atom. The summed E-state index contributed by atoms with van der Waals surface area (Å²) in [6, 6.07) is 64.1. The van der Waals surface area contributed by atoms with Crippen molar-refractivity contribution in [1.29, 1.82) is 0 Å². The highest BCUT2D eigenvalue weighted by Crippen LogP contribution is 2.46. The van der Waals surface area contributed by atoms with E-state index in [0.29, 0.717) is 0 Å². The van der Waals surface area contributed by atoms with Crippen LogP contribution in [0.4, 0.5) is 0 Å². The van der Waals surface area contributed by atoms with Crippen LogP contribution in [0.25, 0.3) is 124 Å². The molecular formula is C52H29N3S. The van der Waals surface area contributed by atoms with Gasteiger partial charge in [0, 0.05) is 47.3 Å². The lowest BCUT2D eigenvalue weighted by molar-refractivity contribution is 1.08. The third-order valence-corrected chi connectivity index (χ3v) is 13.1. The molecule has 0 spiro atoms. The van der Waals surface area contributed by atoms with Gasteiger partial charge in [-0.15, -0.1) is 11.3 Å². The molecule has 3 nitrogen and oxygen atoms in total. The smallest absolute Gasteiger partial charge is 0.165 e. The average molecular weight is 728 g/mol. The first-order valence-electron chi connectivity index (χ1n) is 19.1. The van der Waals surface area contributed by atoms with Crippen molar-refractivity contribution in [2.75, 3.05) is 0 Å². The van der Waals surface area contributed by atoms with E-state index in [9.17, 15) is 0 Å². The number of hydrogen-bond donors (Lipinski definition) is 0. The minimum atomic E-state index is 0.827. The summed E-state index contributed by atoms with van der Waals surface area (Å²) in [6.07, 6.45) is 0. The van der Waals surface area contributed by atoms with E-state index in [-0.39, 0.29) is 0 Å². The molecule has 258 valence electrons. The topological polar surface area (TPSA) is 30.7 Å². The summed E-state index contributed by atoms with van der Waals surface area (Å²) in [6.45, 7) is 0. The fourth-order valence-electron chi connectivity index (χ4n) is 9.49. The Bertz CT molecular complexity index is 3800. The molecule has 0 fully saturated rings. The fraction of sp³-hybridized carbons (Fsp3) is 0. The van der Waals surface area contributed by atoms with E-state index in [2.05, 4.69) is 180 Å². The van der Waals surface area contributed by atoms with E-state index in [1.165, 1.54) is 74.0 Å². The van der Waals surface area contributed by atoms with Gasteiger partial charge in [0.15, 0.2) is 5.82 Å². The minimum Gasteiger partial charge on any atom is -0.292 e. The molecule has 0 radical (unpaired) electrons. The first kappa shape index (κ1) is 30.2. The van der Waals surface area contributed by atoms with Crippen molar-refractivity contribution >= 4 is 118 Å². The molecule has 13 rings (SSSR count). The van der Waals surface area contributed by atoms with Gasteiger partial charge in [-0.1, -0.05) is 146 Å². The summed E-state index contributed by atoms with van der Waals surface area (Å²) in [5.74, 6) is 0.827. The zero-order valence-corrected chi connectivity index (χ0v) is 30.8. The molecule has 0 aliphatic carbocycles. The van der Waals surface area contributed by atoms with Crippen molar-refractivity contribution in [3.63, 3.8) is 0 Å². The number of hydrogen-bond acceptors (Lipinski definition) is 3. The number of nitrogens with zero attached hydrogens (tertiary/aromatic N) is 3. The lowest BCUT2D eigenvalue weighted by atomic mass is 9.91. The molecule has 4 heteroatoms. The molecule has 10 aromatic carbocycles. The van der Waals surface area contributed by atoms with E-state index in [0.717, 1.165) is 49.9 Å². The summed E-state index contributed by atoms with van der Waals surface area (Å²) in [4.78, 5) is 11.3.